The number of para-hydroxylation sites is 2. The van der Waals surface area contributed by atoms with Crippen molar-refractivity contribution in [3.05, 3.63) is 95.6 Å². The van der Waals surface area contributed by atoms with Crippen molar-refractivity contribution in [2.24, 2.45) is 5.10 Å². The Morgan fingerprint density at radius 3 is 2.60 bits per heavy atom. The topological polar surface area (TPSA) is 59.3 Å². The number of aryl methyl sites for hydroxylation is 1. The number of rotatable bonds is 7. The molecule has 1 N–H and O–H groups in total. The van der Waals surface area contributed by atoms with Crippen LogP contribution in [0.1, 0.15) is 16.7 Å². The van der Waals surface area contributed by atoms with Crippen molar-refractivity contribution in [1.82, 2.24) is 15.0 Å². The second kappa shape index (κ2) is 9.41. The minimum atomic E-state index is -0.164. The van der Waals surface area contributed by atoms with Crippen LogP contribution in [0.5, 0.6) is 0 Å². The predicted molar refractivity (Wildman–Crippen MR) is 123 cm³/mol. The number of nitrogens with one attached hydrogen (secondary N) is 1. The molecule has 150 valence electrons. The third-order valence-corrected chi connectivity index (χ3v) is 5.69. The maximum atomic E-state index is 12.3. The van der Waals surface area contributed by atoms with Gasteiger partial charge in [0.1, 0.15) is 0 Å². The van der Waals surface area contributed by atoms with Crippen molar-refractivity contribution >= 4 is 34.9 Å². The van der Waals surface area contributed by atoms with E-state index in [1.165, 1.54) is 17.3 Å². The van der Waals surface area contributed by atoms with Crippen LogP contribution in [0.25, 0.3) is 11.0 Å². The normalized spacial score (nSPS) is 11.2. The summed E-state index contributed by atoms with van der Waals surface area (Å²) in [5, 5.41) is 4.90. The Balaban J connectivity index is 1.45. The number of fused-ring (bicyclic) bond motifs is 1. The third-order valence-electron chi connectivity index (χ3n) is 4.72. The number of aromatic nitrogens is 2. The first-order valence-electron chi connectivity index (χ1n) is 9.70. The first-order valence-corrected chi connectivity index (χ1v) is 10.7. The molecule has 0 spiro atoms. The van der Waals surface area contributed by atoms with Crippen LogP contribution in [0, 0.1) is 6.92 Å². The lowest BCUT2D eigenvalue weighted by Crippen LogP contribution is -2.20. The van der Waals surface area contributed by atoms with Crippen LogP contribution in [0.2, 0.25) is 0 Å². The molecule has 1 amide bonds. The van der Waals surface area contributed by atoms with Gasteiger partial charge >= 0.3 is 0 Å². The molecule has 0 bridgehead atoms. The van der Waals surface area contributed by atoms with Crippen molar-refractivity contribution in [2.75, 3.05) is 5.75 Å². The van der Waals surface area contributed by atoms with E-state index in [1.807, 2.05) is 67.6 Å². The first kappa shape index (κ1) is 19.9. The third kappa shape index (κ3) is 4.78. The van der Waals surface area contributed by atoms with Gasteiger partial charge in [-0.1, -0.05) is 78.5 Å². The van der Waals surface area contributed by atoms with E-state index < -0.39 is 0 Å². The Morgan fingerprint density at radius 2 is 1.77 bits per heavy atom. The summed E-state index contributed by atoms with van der Waals surface area (Å²) in [7, 11) is 0. The number of carbonyl (C=O) groups is 1. The lowest BCUT2D eigenvalue weighted by Gasteiger charge is -2.09. The second-order valence-electron chi connectivity index (χ2n) is 6.89. The van der Waals surface area contributed by atoms with E-state index in [1.54, 1.807) is 6.21 Å². The molecule has 1 heterocycles. The molecule has 0 fully saturated rings. The number of hydrogen-bond acceptors (Lipinski definition) is 4. The van der Waals surface area contributed by atoms with E-state index in [4.69, 9.17) is 4.98 Å². The average molecular weight is 415 g/mol. The minimum absolute atomic E-state index is 0.164. The van der Waals surface area contributed by atoms with Crippen molar-refractivity contribution in [2.45, 2.75) is 18.6 Å². The van der Waals surface area contributed by atoms with Gasteiger partial charge in [-0.05, 0) is 35.7 Å². The lowest BCUT2D eigenvalue weighted by atomic mass is 10.1. The second-order valence-corrected chi connectivity index (χ2v) is 7.84. The molecule has 0 atom stereocenters. The van der Waals surface area contributed by atoms with Gasteiger partial charge < -0.3 is 4.57 Å². The molecular weight excluding hydrogens is 392 g/mol. The summed E-state index contributed by atoms with van der Waals surface area (Å²) in [4.78, 5) is 17.0. The molecule has 0 aliphatic heterocycles. The Labute approximate surface area is 179 Å². The molecule has 0 aliphatic rings. The first-order chi connectivity index (χ1) is 14.7. The summed E-state index contributed by atoms with van der Waals surface area (Å²) < 4.78 is 2.15. The molecular formula is C24H22N4OS. The zero-order valence-electron chi connectivity index (χ0n) is 16.7. The number of thioether (sulfide) groups is 1. The van der Waals surface area contributed by atoms with E-state index in [-0.39, 0.29) is 11.7 Å². The van der Waals surface area contributed by atoms with Crippen LogP contribution in [0.15, 0.2) is 89.1 Å². The molecule has 5 nitrogen and oxygen atoms in total. The van der Waals surface area contributed by atoms with E-state index in [9.17, 15) is 4.79 Å². The molecule has 4 aromatic rings. The number of amides is 1. The van der Waals surface area contributed by atoms with Gasteiger partial charge in [-0.2, -0.15) is 5.10 Å². The number of carbonyl (C=O) groups excluding carboxylic acids is 1. The van der Waals surface area contributed by atoms with Crippen molar-refractivity contribution < 1.29 is 4.79 Å². The van der Waals surface area contributed by atoms with Gasteiger partial charge in [0.15, 0.2) is 5.16 Å². The Morgan fingerprint density at radius 1 is 1.03 bits per heavy atom. The van der Waals surface area contributed by atoms with Crippen LogP contribution in [-0.2, 0) is 11.3 Å². The molecule has 0 unspecified atom stereocenters. The maximum absolute atomic E-state index is 12.3. The van der Waals surface area contributed by atoms with E-state index >= 15 is 0 Å². The summed E-state index contributed by atoms with van der Waals surface area (Å²) in [6.07, 6.45) is 1.67. The van der Waals surface area contributed by atoms with E-state index in [2.05, 4.69) is 33.3 Å². The molecule has 0 saturated carbocycles. The van der Waals surface area contributed by atoms with Crippen LogP contribution >= 0.6 is 11.8 Å². The highest BCUT2D eigenvalue weighted by Crippen LogP contribution is 2.25. The molecule has 4 rings (SSSR count). The minimum Gasteiger partial charge on any atom is -0.314 e. The summed E-state index contributed by atoms with van der Waals surface area (Å²) in [5.74, 6) is 0.0756. The number of nitrogens with zero attached hydrogens (tertiary/aromatic N) is 3. The lowest BCUT2D eigenvalue weighted by molar-refractivity contribution is -0.118. The average Bonchev–Trinajstić information content (AvgIpc) is 3.12. The van der Waals surface area contributed by atoms with E-state index in [0.717, 1.165) is 27.3 Å². The Kier molecular flexibility index (Phi) is 6.25. The Hall–Kier alpha value is -3.38. The molecule has 1 aromatic heterocycles. The van der Waals surface area contributed by atoms with Gasteiger partial charge in [0, 0.05) is 0 Å². The smallest absolute Gasteiger partial charge is 0.250 e. The van der Waals surface area contributed by atoms with Gasteiger partial charge in [0.05, 0.1) is 29.5 Å². The fraction of sp³-hybridized carbons (Fsp3) is 0.125. The largest absolute Gasteiger partial charge is 0.314 e. The number of benzene rings is 3. The highest BCUT2D eigenvalue weighted by molar-refractivity contribution is 7.99. The van der Waals surface area contributed by atoms with Crippen molar-refractivity contribution in [1.29, 1.82) is 0 Å². The zero-order valence-corrected chi connectivity index (χ0v) is 17.5. The number of imidazole rings is 1. The van der Waals surface area contributed by atoms with Gasteiger partial charge in [-0.3, -0.25) is 4.79 Å². The highest BCUT2D eigenvalue weighted by Gasteiger charge is 2.13. The van der Waals surface area contributed by atoms with Crippen LogP contribution in [-0.4, -0.2) is 27.4 Å². The molecule has 0 aliphatic carbocycles. The zero-order chi connectivity index (χ0) is 20.8. The van der Waals surface area contributed by atoms with Crippen LogP contribution in [0.3, 0.4) is 0 Å². The summed E-state index contributed by atoms with van der Waals surface area (Å²) in [6.45, 7) is 2.72. The summed E-state index contributed by atoms with van der Waals surface area (Å²) >= 11 is 1.42. The quantitative estimate of drug-likeness (QED) is 0.272. The fourth-order valence-corrected chi connectivity index (χ4v) is 3.96. The molecule has 30 heavy (non-hydrogen) atoms. The molecule has 3 aromatic carbocycles. The summed E-state index contributed by atoms with van der Waals surface area (Å²) in [6, 6.07) is 26.2. The Bertz CT molecular complexity index is 1180. The number of hydrogen-bond donors (Lipinski definition) is 1. The molecule has 0 saturated heterocycles. The van der Waals surface area contributed by atoms with Gasteiger partial charge in [0.2, 0.25) is 0 Å². The summed E-state index contributed by atoms with van der Waals surface area (Å²) in [5.41, 5.74) is 7.87. The van der Waals surface area contributed by atoms with Gasteiger partial charge in [-0.15, -0.1) is 0 Å². The van der Waals surface area contributed by atoms with Crippen LogP contribution in [0.4, 0.5) is 0 Å². The van der Waals surface area contributed by atoms with Crippen molar-refractivity contribution in [3.63, 3.8) is 0 Å². The fourth-order valence-electron chi connectivity index (χ4n) is 3.15. The van der Waals surface area contributed by atoms with E-state index in [0.29, 0.717) is 6.54 Å². The SMILES string of the molecule is Cc1ccccc1/C=N/NC(=O)CSc1nc2ccccc2n1Cc1ccccc1. The maximum Gasteiger partial charge on any atom is 0.250 e. The van der Waals surface area contributed by atoms with Gasteiger partial charge in [0.25, 0.3) is 5.91 Å². The molecule has 0 radical (unpaired) electrons. The predicted octanol–water partition coefficient (Wildman–Crippen LogP) is 4.64. The monoisotopic (exact) mass is 414 g/mol. The standard InChI is InChI=1S/C24H22N4OS/c1-18-9-5-6-12-20(18)15-25-27-23(29)17-30-24-26-21-13-7-8-14-22(21)28(24)16-19-10-3-2-4-11-19/h2-15H,16-17H2,1H3,(H,27,29)/b25-15+. The van der Waals surface area contributed by atoms with Crippen molar-refractivity contribution in [3.8, 4) is 0 Å². The van der Waals surface area contributed by atoms with Gasteiger partial charge in [-0.25, -0.2) is 10.4 Å². The molecule has 6 heteroatoms. The van der Waals surface area contributed by atoms with Crippen LogP contribution < -0.4 is 5.43 Å². The highest BCUT2D eigenvalue weighted by atomic mass is 32.2. The number of hydrazone groups is 1.